The van der Waals surface area contributed by atoms with Crippen LogP contribution in [-0.2, 0) is 13.1 Å². The quantitative estimate of drug-likeness (QED) is 0.263. The highest BCUT2D eigenvalue weighted by molar-refractivity contribution is 14.0. The molecule has 1 heterocycles. The molecule has 5 nitrogen and oxygen atoms in total. The Morgan fingerprint density at radius 1 is 1.20 bits per heavy atom. The average Bonchev–Trinajstić information content (AvgIpc) is 2.99. The van der Waals surface area contributed by atoms with E-state index in [4.69, 9.17) is 11.6 Å². The first-order chi connectivity index (χ1) is 11.7. The van der Waals surface area contributed by atoms with Crippen LogP contribution in [0.15, 0.2) is 41.7 Å². The molecule has 0 amide bonds. The Morgan fingerprint density at radius 2 is 1.96 bits per heavy atom. The number of guanidine groups is 1. The van der Waals surface area contributed by atoms with Gasteiger partial charge in [-0.3, -0.25) is 0 Å². The fraction of sp³-hybridized carbons (Fsp3) is 0.444. The lowest BCUT2D eigenvalue weighted by Gasteiger charge is -2.11. The van der Waals surface area contributed by atoms with Crippen molar-refractivity contribution in [1.29, 1.82) is 0 Å². The van der Waals surface area contributed by atoms with Crippen LogP contribution in [0.2, 0.25) is 5.02 Å². The highest BCUT2D eigenvalue weighted by atomic mass is 127. The van der Waals surface area contributed by atoms with Gasteiger partial charge in [0.15, 0.2) is 5.96 Å². The third-order valence-electron chi connectivity index (χ3n) is 3.72. The van der Waals surface area contributed by atoms with Crippen molar-refractivity contribution in [2.24, 2.45) is 4.99 Å². The molecule has 0 saturated heterocycles. The Morgan fingerprint density at radius 3 is 2.60 bits per heavy atom. The summed E-state index contributed by atoms with van der Waals surface area (Å²) in [4.78, 5) is 8.85. The highest BCUT2D eigenvalue weighted by Crippen LogP contribution is 2.10. The molecule has 0 spiro atoms. The zero-order valence-corrected chi connectivity index (χ0v) is 17.9. The fourth-order valence-electron chi connectivity index (χ4n) is 2.36. The van der Waals surface area contributed by atoms with Gasteiger partial charge in [0, 0.05) is 37.1 Å². The summed E-state index contributed by atoms with van der Waals surface area (Å²) in [7, 11) is 0. The second-order valence-corrected chi connectivity index (χ2v) is 6.06. The van der Waals surface area contributed by atoms with Crippen LogP contribution < -0.4 is 10.6 Å². The molecule has 7 heteroatoms. The second kappa shape index (κ2) is 12.1. The monoisotopic (exact) mass is 475 g/mol. The van der Waals surface area contributed by atoms with Crippen molar-refractivity contribution in [2.45, 2.75) is 39.8 Å². The van der Waals surface area contributed by atoms with Crippen LogP contribution in [0, 0.1) is 6.92 Å². The standard InChI is InChI=1S/C18H26ClN5.HI/c1-3-20-18(23-14-16-6-8-17(19)9-7-16)22-10-4-5-12-24-13-11-21-15(24)2;/h6-9,11,13H,3-5,10,12,14H2,1-2H3,(H2,20,22,23);1H. The Hall–Kier alpha value is -1.28. The largest absolute Gasteiger partial charge is 0.357 e. The van der Waals surface area contributed by atoms with Gasteiger partial charge in [-0.1, -0.05) is 23.7 Å². The molecule has 1 aromatic carbocycles. The number of hydrogen-bond acceptors (Lipinski definition) is 2. The molecule has 2 N–H and O–H groups in total. The molecule has 0 aliphatic rings. The first-order valence-corrected chi connectivity index (χ1v) is 8.81. The molecule has 2 rings (SSSR count). The first-order valence-electron chi connectivity index (χ1n) is 8.43. The van der Waals surface area contributed by atoms with Crippen molar-refractivity contribution in [3.63, 3.8) is 0 Å². The molecule has 0 atom stereocenters. The SMILES string of the molecule is CCNC(=NCc1ccc(Cl)cc1)NCCCCn1ccnc1C.I. The van der Waals surface area contributed by atoms with Crippen molar-refractivity contribution < 1.29 is 0 Å². The summed E-state index contributed by atoms with van der Waals surface area (Å²) < 4.78 is 2.18. The summed E-state index contributed by atoms with van der Waals surface area (Å²) >= 11 is 5.90. The number of halogens is 2. The van der Waals surface area contributed by atoms with E-state index >= 15 is 0 Å². The number of aromatic nitrogens is 2. The van der Waals surface area contributed by atoms with Crippen LogP contribution in [0.4, 0.5) is 0 Å². The van der Waals surface area contributed by atoms with Crippen molar-refractivity contribution in [3.8, 4) is 0 Å². The number of imidazole rings is 1. The molecule has 1 aromatic heterocycles. The van der Waals surface area contributed by atoms with Crippen LogP contribution in [0.5, 0.6) is 0 Å². The van der Waals surface area contributed by atoms with Crippen LogP contribution in [-0.4, -0.2) is 28.6 Å². The molecule has 0 unspecified atom stereocenters. The number of nitrogens with one attached hydrogen (secondary N) is 2. The molecule has 138 valence electrons. The number of aliphatic imine (C=N–C) groups is 1. The van der Waals surface area contributed by atoms with Gasteiger partial charge in [-0.25, -0.2) is 9.98 Å². The van der Waals surface area contributed by atoms with Gasteiger partial charge in [0.1, 0.15) is 5.82 Å². The maximum Gasteiger partial charge on any atom is 0.191 e. The fourth-order valence-corrected chi connectivity index (χ4v) is 2.48. The number of unbranched alkanes of at least 4 members (excludes halogenated alkanes) is 1. The van der Waals surface area contributed by atoms with E-state index in [1.165, 1.54) is 0 Å². The molecular formula is C18H27ClIN5. The minimum Gasteiger partial charge on any atom is -0.357 e. The van der Waals surface area contributed by atoms with Crippen LogP contribution in [0.3, 0.4) is 0 Å². The van der Waals surface area contributed by atoms with Crippen molar-refractivity contribution in [1.82, 2.24) is 20.2 Å². The third kappa shape index (κ3) is 8.09. The van der Waals surface area contributed by atoms with Crippen molar-refractivity contribution in [2.75, 3.05) is 13.1 Å². The average molecular weight is 476 g/mol. The lowest BCUT2D eigenvalue weighted by atomic mass is 10.2. The molecule has 0 saturated carbocycles. The highest BCUT2D eigenvalue weighted by Gasteiger charge is 1.99. The van der Waals surface area contributed by atoms with Gasteiger partial charge in [-0.05, 0) is 44.4 Å². The number of hydrogen-bond donors (Lipinski definition) is 2. The van der Waals surface area contributed by atoms with Crippen LogP contribution in [0.1, 0.15) is 31.2 Å². The lowest BCUT2D eigenvalue weighted by Crippen LogP contribution is -2.37. The molecule has 0 fully saturated rings. The predicted octanol–water partition coefficient (Wildman–Crippen LogP) is 4.00. The van der Waals surface area contributed by atoms with Gasteiger partial charge in [0.05, 0.1) is 6.54 Å². The molecule has 0 aliphatic carbocycles. The maximum absolute atomic E-state index is 5.90. The van der Waals surface area contributed by atoms with E-state index < -0.39 is 0 Å². The summed E-state index contributed by atoms with van der Waals surface area (Å²) in [5.74, 6) is 1.92. The number of benzene rings is 1. The summed E-state index contributed by atoms with van der Waals surface area (Å²) in [5.41, 5.74) is 1.15. The minimum atomic E-state index is 0. The normalized spacial score (nSPS) is 11.1. The van der Waals surface area contributed by atoms with Crippen molar-refractivity contribution in [3.05, 3.63) is 53.1 Å². The van der Waals surface area contributed by atoms with E-state index in [1.54, 1.807) is 0 Å². The molecule has 0 radical (unpaired) electrons. The van der Waals surface area contributed by atoms with Gasteiger partial charge in [-0.2, -0.15) is 0 Å². The zero-order chi connectivity index (χ0) is 17.2. The minimum absolute atomic E-state index is 0. The van der Waals surface area contributed by atoms with E-state index in [1.807, 2.05) is 43.6 Å². The van der Waals surface area contributed by atoms with Gasteiger partial charge in [0.25, 0.3) is 0 Å². The van der Waals surface area contributed by atoms with Gasteiger partial charge >= 0.3 is 0 Å². The summed E-state index contributed by atoms with van der Waals surface area (Å²) in [5, 5.41) is 7.41. The molecule has 0 aliphatic heterocycles. The Labute approximate surface area is 172 Å². The molecule has 2 aromatic rings. The third-order valence-corrected chi connectivity index (χ3v) is 3.97. The van der Waals surface area contributed by atoms with E-state index in [0.29, 0.717) is 6.54 Å². The van der Waals surface area contributed by atoms with Crippen LogP contribution >= 0.6 is 35.6 Å². The second-order valence-electron chi connectivity index (χ2n) is 5.62. The van der Waals surface area contributed by atoms with Gasteiger partial charge < -0.3 is 15.2 Å². The van der Waals surface area contributed by atoms with Gasteiger partial charge in [0.2, 0.25) is 0 Å². The topological polar surface area (TPSA) is 54.2 Å². The number of nitrogens with zero attached hydrogens (tertiary/aromatic N) is 3. The lowest BCUT2D eigenvalue weighted by molar-refractivity contribution is 0.588. The zero-order valence-electron chi connectivity index (χ0n) is 14.8. The first kappa shape index (κ1) is 21.8. The maximum atomic E-state index is 5.90. The van der Waals surface area contributed by atoms with E-state index in [2.05, 4.69) is 32.1 Å². The summed E-state index contributed by atoms with van der Waals surface area (Å²) in [6.45, 7) is 7.50. The summed E-state index contributed by atoms with van der Waals surface area (Å²) in [6.07, 6.45) is 6.07. The number of rotatable bonds is 8. The summed E-state index contributed by atoms with van der Waals surface area (Å²) in [6, 6.07) is 7.79. The Bertz CT molecular complexity index is 639. The van der Waals surface area contributed by atoms with Gasteiger partial charge in [-0.15, -0.1) is 24.0 Å². The van der Waals surface area contributed by atoms with Crippen LogP contribution in [0.25, 0.3) is 0 Å². The molecular weight excluding hydrogens is 449 g/mol. The van der Waals surface area contributed by atoms with E-state index in [0.717, 1.165) is 54.8 Å². The predicted molar refractivity (Wildman–Crippen MR) is 116 cm³/mol. The number of aryl methyl sites for hydroxylation is 2. The van der Waals surface area contributed by atoms with E-state index in [-0.39, 0.29) is 24.0 Å². The molecule has 25 heavy (non-hydrogen) atoms. The Balaban J connectivity index is 0.00000312. The molecule has 0 bridgehead atoms. The van der Waals surface area contributed by atoms with E-state index in [9.17, 15) is 0 Å². The Kier molecular flexibility index (Phi) is 10.6. The smallest absolute Gasteiger partial charge is 0.191 e. The van der Waals surface area contributed by atoms with Crippen molar-refractivity contribution >= 4 is 41.5 Å².